The maximum Gasteiger partial charge on any atom is 0.269 e. The lowest BCUT2D eigenvalue weighted by Crippen LogP contribution is -2.40. The molecule has 26 heavy (non-hydrogen) atoms. The number of carbonyl (C=O) groups is 1. The van der Waals surface area contributed by atoms with E-state index < -0.39 is 0 Å². The van der Waals surface area contributed by atoms with Gasteiger partial charge in [0.2, 0.25) is 0 Å². The summed E-state index contributed by atoms with van der Waals surface area (Å²) in [5, 5.41) is 5.29. The number of rotatable bonds is 4. The number of hydrogen-bond donors (Lipinski definition) is 1. The monoisotopic (exact) mass is 350 g/mol. The Hall–Kier alpha value is -2.89. The standard InChI is InChI=1S/C20H22N4O2/c1-24-13-22-12-18(24)20(25)23-15-5-7-16(8-6-15)26-19-4-2-3-14-11-21-10-9-17(14)19/h2-4,9-13,15-16H,5-8H2,1H3,(H,23,25). The molecule has 0 saturated heterocycles. The highest BCUT2D eigenvalue weighted by atomic mass is 16.5. The van der Waals surface area contributed by atoms with Crippen molar-refractivity contribution in [1.29, 1.82) is 0 Å². The predicted molar refractivity (Wildman–Crippen MR) is 99.1 cm³/mol. The number of pyridine rings is 1. The van der Waals surface area contributed by atoms with Crippen LogP contribution in [0.15, 0.2) is 49.2 Å². The van der Waals surface area contributed by atoms with E-state index in [9.17, 15) is 4.79 Å². The lowest BCUT2D eigenvalue weighted by atomic mass is 9.92. The molecule has 1 amide bonds. The molecule has 0 spiro atoms. The van der Waals surface area contributed by atoms with E-state index in [1.165, 1.54) is 0 Å². The average Bonchev–Trinajstić information content (AvgIpc) is 3.10. The number of nitrogens with zero attached hydrogens (tertiary/aromatic N) is 3. The molecule has 1 N–H and O–H groups in total. The maximum absolute atomic E-state index is 12.3. The number of aromatic nitrogens is 3. The Bertz CT molecular complexity index is 908. The molecule has 0 radical (unpaired) electrons. The van der Waals surface area contributed by atoms with Crippen LogP contribution in [0, 0.1) is 0 Å². The molecular weight excluding hydrogens is 328 g/mol. The van der Waals surface area contributed by atoms with E-state index in [1.54, 1.807) is 23.3 Å². The van der Waals surface area contributed by atoms with Crippen molar-refractivity contribution in [1.82, 2.24) is 19.9 Å². The van der Waals surface area contributed by atoms with Crippen molar-refractivity contribution in [3.8, 4) is 5.75 Å². The van der Waals surface area contributed by atoms with Crippen LogP contribution in [0.5, 0.6) is 5.75 Å². The maximum atomic E-state index is 12.3. The van der Waals surface area contributed by atoms with Crippen LogP contribution in [0.4, 0.5) is 0 Å². The van der Waals surface area contributed by atoms with Crippen molar-refractivity contribution < 1.29 is 9.53 Å². The van der Waals surface area contributed by atoms with Crippen LogP contribution in [0.25, 0.3) is 10.8 Å². The number of benzene rings is 1. The first-order chi connectivity index (χ1) is 12.7. The Balaban J connectivity index is 1.35. The van der Waals surface area contributed by atoms with E-state index in [0.717, 1.165) is 42.2 Å². The Morgan fingerprint density at radius 3 is 2.77 bits per heavy atom. The van der Waals surface area contributed by atoms with E-state index in [0.29, 0.717) is 5.69 Å². The van der Waals surface area contributed by atoms with Crippen molar-refractivity contribution in [3.05, 3.63) is 54.9 Å². The summed E-state index contributed by atoms with van der Waals surface area (Å²) < 4.78 is 7.99. The fraction of sp³-hybridized carbons (Fsp3) is 0.350. The fourth-order valence-electron chi connectivity index (χ4n) is 3.54. The zero-order valence-electron chi connectivity index (χ0n) is 14.8. The van der Waals surface area contributed by atoms with Crippen LogP contribution in [0.2, 0.25) is 0 Å². The molecule has 6 heteroatoms. The van der Waals surface area contributed by atoms with Crippen LogP contribution < -0.4 is 10.1 Å². The van der Waals surface area contributed by atoms with E-state index in [2.05, 4.69) is 15.3 Å². The predicted octanol–water partition coefficient (Wildman–Crippen LogP) is 3.09. The summed E-state index contributed by atoms with van der Waals surface area (Å²) in [6.45, 7) is 0. The Kier molecular flexibility index (Phi) is 4.56. The molecule has 134 valence electrons. The van der Waals surface area contributed by atoms with Gasteiger partial charge in [-0.15, -0.1) is 0 Å². The number of nitrogens with one attached hydrogen (secondary N) is 1. The Morgan fingerprint density at radius 1 is 1.15 bits per heavy atom. The highest BCUT2D eigenvalue weighted by Gasteiger charge is 2.25. The minimum atomic E-state index is -0.0593. The minimum absolute atomic E-state index is 0.0593. The number of fused-ring (bicyclic) bond motifs is 1. The van der Waals surface area contributed by atoms with Gasteiger partial charge in [0.25, 0.3) is 5.91 Å². The number of aryl methyl sites for hydroxylation is 1. The molecule has 2 heterocycles. The van der Waals surface area contributed by atoms with Gasteiger partial charge in [-0.2, -0.15) is 0 Å². The van der Waals surface area contributed by atoms with Gasteiger partial charge in [0.1, 0.15) is 11.4 Å². The van der Waals surface area contributed by atoms with Gasteiger partial charge >= 0.3 is 0 Å². The van der Waals surface area contributed by atoms with Gasteiger partial charge in [0.05, 0.1) is 18.6 Å². The van der Waals surface area contributed by atoms with Crippen molar-refractivity contribution in [2.75, 3.05) is 0 Å². The smallest absolute Gasteiger partial charge is 0.269 e. The molecule has 6 nitrogen and oxygen atoms in total. The molecule has 0 aliphatic heterocycles. The third-order valence-electron chi connectivity index (χ3n) is 4.99. The van der Waals surface area contributed by atoms with E-state index in [-0.39, 0.29) is 18.1 Å². The number of hydrogen-bond acceptors (Lipinski definition) is 4. The van der Waals surface area contributed by atoms with E-state index in [4.69, 9.17) is 4.74 Å². The molecular formula is C20H22N4O2. The summed E-state index contributed by atoms with van der Waals surface area (Å²) in [5.41, 5.74) is 0.590. The van der Waals surface area contributed by atoms with E-state index >= 15 is 0 Å². The molecule has 1 aromatic carbocycles. The van der Waals surface area contributed by atoms with Gasteiger partial charge in [0, 0.05) is 36.3 Å². The number of ether oxygens (including phenoxy) is 1. The normalized spacial score (nSPS) is 20.0. The second-order valence-electron chi connectivity index (χ2n) is 6.81. The molecule has 0 bridgehead atoms. The summed E-state index contributed by atoms with van der Waals surface area (Å²) in [4.78, 5) is 20.5. The number of carbonyl (C=O) groups excluding carboxylic acids is 1. The largest absolute Gasteiger partial charge is 0.490 e. The van der Waals surface area contributed by atoms with E-state index in [1.807, 2.05) is 37.5 Å². The van der Waals surface area contributed by atoms with Crippen molar-refractivity contribution in [2.24, 2.45) is 7.05 Å². The van der Waals surface area contributed by atoms with Crippen molar-refractivity contribution in [2.45, 2.75) is 37.8 Å². The topological polar surface area (TPSA) is 69.0 Å². The van der Waals surface area contributed by atoms with Crippen LogP contribution in [0.1, 0.15) is 36.2 Å². The van der Waals surface area contributed by atoms with Crippen molar-refractivity contribution >= 4 is 16.7 Å². The zero-order valence-corrected chi connectivity index (χ0v) is 14.8. The minimum Gasteiger partial charge on any atom is -0.490 e. The first kappa shape index (κ1) is 16.6. The average molecular weight is 350 g/mol. The van der Waals surface area contributed by atoms with Crippen LogP contribution in [0.3, 0.4) is 0 Å². The molecule has 0 unspecified atom stereocenters. The van der Waals surface area contributed by atoms with Crippen LogP contribution in [-0.2, 0) is 7.05 Å². The fourth-order valence-corrected chi connectivity index (χ4v) is 3.54. The third kappa shape index (κ3) is 3.40. The van der Waals surface area contributed by atoms with Crippen molar-refractivity contribution in [3.63, 3.8) is 0 Å². The molecule has 1 saturated carbocycles. The molecule has 2 aromatic heterocycles. The molecule has 1 aliphatic carbocycles. The molecule has 0 atom stereocenters. The molecule has 3 aromatic rings. The molecule has 1 fully saturated rings. The van der Waals surface area contributed by atoms with Gasteiger partial charge in [0.15, 0.2) is 0 Å². The van der Waals surface area contributed by atoms with Gasteiger partial charge in [-0.1, -0.05) is 12.1 Å². The first-order valence-corrected chi connectivity index (χ1v) is 8.97. The van der Waals surface area contributed by atoms with Gasteiger partial charge < -0.3 is 14.6 Å². The second kappa shape index (κ2) is 7.15. The molecule has 4 rings (SSSR count). The summed E-state index contributed by atoms with van der Waals surface area (Å²) >= 11 is 0. The lowest BCUT2D eigenvalue weighted by molar-refractivity contribution is 0.0887. The SMILES string of the molecule is Cn1cncc1C(=O)NC1CCC(Oc2cccc3cnccc23)CC1. The molecule has 1 aliphatic rings. The van der Waals surface area contributed by atoms with Gasteiger partial charge in [-0.25, -0.2) is 4.98 Å². The Labute approximate surface area is 152 Å². The highest BCUT2D eigenvalue weighted by molar-refractivity contribution is 5.92. The second-order valence-corrected chi connectivity index (χ2v) is 6.81. The first-order valence-electron chi connectivity index (χ1n) is 8.97. The van der Waals surface area contributed by atoms with Crippen LogP contribution in [-0.4, -0.2) is 32.6 Å². The third-order valence-corrected chi connectivity index (χ3v) is 4.99. The Morgan fingerprint density at radius 2 is 2.00 bits per heavy atom. The summed E-state index contributed by atoms with van der Waals surface area (Å²) in [6.07, 6.45) is 10.8. The summed E-state index contributed by atoms with van der Waals surface area (Å²) in [6, 6.07) is 8.23. The number of amides is 1. The summed E-state index contributed by atoms with van der Waals surface area (Å²) in [5.74, 6) is 0.850. The quantitative estimate of drug-likeness (QED) is 0.785. The number of imidazole rings is 1. The van der Waals surface area contributed by atoms with Crippen LogP contribution >= 0.6 is 0 Å². The van der Waals surface area contributed by atoms with Gasteiger partial charge in [-0.3, -0.25) is 9.78 Å². The summed E-state index contributed by atoms with van der Waals surface area (Å²) in [7, 11) is 1.83. The zero-order chi connectivity index (χ0) is 17.9. The lowest BCUT2D eigenvalue weighted by Gasteiger charge is -2.29. The highest BCUT2D eigenvalue weighted by Crippen LogP contribution is 2.29. The van der Waals surface area contributed by atoms with Gasteiger partial charge in [-0.05, 0) is 37.8 Å².